The molecule has 0 saturated carbocycles. The van der Waals surface area contributed by atoms with E-state index < -0.39 is 0 Å². The minimum absolute atomic E-state index is 0.123. The monoisotopic (exact) mass is 463 g/mol. The summed E-state index contributed by atoms with van der Waals surface area (Å²) in [5, 5.41) is 17.4. The Labute approximate surface area is 195 Å². The summed E-state index contributed by atoms with van der Waals surface area (Å²) in [5.41, 5.74) is 3.84. The molecule has 3 heterocycles. The van der Waals surface area contributed by atoms with Crippen molar-refractivity contribution in [1.29, 1.82) is 0 Å². The van der Waals surface area contributed by atoms with Crippen molar-refractivity contribution < 1.29 is 9.53 Å². The lowest BCUT2D eigenvalue weighted by atomic mass is 10.0. The molecule has 1 amide bonds. The Morgan fingerprint density at radius 2 is 1.79 bits per heavy atom. The van der Waals surface area contributed by atoms with Crippen molar-refractivity contribution in [3.63, 3.8) is 0 Å². The summed E-state index contributed by atoms with van der Waals surface area (Å²) >= 11 is 6.40. The quantitative estimate of drug-likeness (QED) is 0.452. The third kappa shape index (κ3) is 4.37. The molecule has 0 radical (unpaired) electrons. The summed E-state index contributed by atoms with van der Waals surface area (Å²) in [7, 11) is 0. The van der Waals surface area contributed by atoms with Crippen LogP contribution >= 0.6 is 11.6 Å². The molecule has 10 heteroatoms. The van der Waals surface area contributed by atoms with Gasteiger partial charge in [0.15, 0.2) is 0 Å². The predicted molar refractivity (Wildman–Crippen MR) is 122 cm³/mol. The maximum absolute atomic E-state index is 13.8. The van der Waals surface area contributed by atoms with Crippen LogP contribution in [0.2, 0.25) is 5.02 Å². The van der Waals surface area contributed by atoms with Crippen molar-refractivity contribution in [2.75, 3.05) is 19.8 Å². The number of aromatic nitrogens is 6. The second-order valence-corrected chi connectivity index (χ2v) is 8.26. The fraction of sp³-hybridized carbons (Fsp3) is 0.261. The van der Waals surface area contributed by atoms with Gasteiger partial charge in [-0.05, 0) is 48.7 Å². The first-order valence-corrected chi connectivity index (χ1v) is 11.0. The Morgan fingerprint density at radius 1 is 1.06 bits per heavy atom. The van der Waals surface area contributed by atoms with Gasteiger partial charge >= 0.3 is 0 Å². The molecule has 1 aliphatic heterocycles. The lowest BCUT2D eigenvalue weighted by molar-refractivity contribution is -0.00165. The minimum Gasteiger partial charge on any atom is -0.377 e. The zero-order valence-electron chi connectivity index (χ0n) is 18.0. The van der Waals surface area contributed by atoms with Crippen LogP contribution in [-0.2, 0) is 11.2 Å². The van der Waals surface area contributed by atoms with Gasteiger partial charge in [0.25, 0.3) is 5.91 Å². The first kappa shape index (κ1) is 21.3. The lowest BCUT2D eigenvalue weighted by Crippen LogP contribution is -2.50. The van der Waals surface area contributed by atoms with Crippen molar-refractivity contribution in [1.82, 2.24) is 34.9 Å². The van der Waals surface area contributed by atoms with Crippen molar-refractivity contribution in [3.05, 3.63) is 82.9 Å². The molecule has 0 N–H and O–H groups in total. The molecule has 33 heavy (non-hydrogen) atoms. The highest BCUT2D eigenvalue weighted by atomic mass is 35.5. The summed E-state index contributed by atoms with van der Waals surface area (Å²) in [6, 6.07) is 11.4. The normalized spacial score (nSPS) is 16.2. The van der Waals surface area contributed by atoms with E-state index in [-0.39, 0.29) is 11.9 Å². The number of ether oxygens (including phenoxy) is 1. The van der Waals surface area contributed by atoms with Crippen molar-refractivity contribution >= 4 is 17.5 Å². The van der Waals surface area contributed by atoms with Gasteiger partial charge in [-0.1, -0.05) is 23.7 Å². The Balaban J connectivity index is 1.45. The van der Waals surface area contributed by atoms with E-state index >= 15 is 0 Å². The van der Waals surface area contributed by atoms with Crippen molar-refractivity contribution in [3.8, 4) is 11.4 Å². The van der Waals surface area contributed by atoms with Gasteiger partial charge in [-0.25, -0.2) is 0 Å². The number of amides is 1. The molecule has 4 aromatic rings. The summed E-state index contributed by atoms with van der Waals surface area (Å²) in [6.07, 6.45) is 7.08. The molecule has 1 aliphatic rings. The molecule has 168 valence electrons. The zero-order valence-corrected chi connectivity index (χ0v) is 18.8. The molecular weight excluding hydrogens is 442 g/mol. The standard InChI is InChI=1S/C23H22ClN7O2/c1-16-11-22(31-27-7-8-28-31)20(14-21(16)24)23(32)29-9-10-33-15-19(29)13-17-3-2-4-18(12-17)30-25-5-6-26-30/h2-8,11-12,14,19H,9-10,13,15H2,1H3. The van der Waals surface area contributed by atoms with E-state index in [1.807, 2.05) is 42.2 Å². The summed E-state index contributed by atoms with van der Waals surface area (Å²) in [4.78, 5) is 18.6. The molecule has 2 aromatic carbocycles. The van der Waals surface area contributed by atoms with Crippen LogP contribution in [0.5, 0.6) is 0 Å². The molecule has 2 aromatic heterocycles. The number of hydrogen-bond acceptors (Lipinski definition) is 6. The van der Waals surface area contributed by atoms with Gasteiger partial charge in [-0.2, -0.15) is 30.0 Å². The maximum Gasteiger partial charge on any atom is 0.256 e. The number of rotatable bonds is 5. The molecule has 5 rings (SSSR count). The van der Waals surface area contributed by atoms with E-state index in [1.165, 1.54) is 4.80 Å². The third-order valence-corrected chi connectivity index (χ3v) is 6.07. The van der Waals surface area contributed by atoms with Gasteiger partial charge in [0.1, 0.15) is 0 Å². The number of halogens is 1. The van der Waals surface area contributed by atoms with Crippen molar-refractivity contribution in [2.45, 2.75) is 19.4 Å². The van der Waals surface area contributed by atoms with Gasteiger partial charge < -0.3 is 9.64 Å². The molecule has 1 saturated heterocycles. The number of hydrogen-bond donors (Lipinski definition) is 0. The molecule has 0 bridgehead atoms. The van der Waals surface area contributed by atoms with Gasteiger partial charge in [0.2, 0.25) is 0 Å². The number of carbonyl (C=O) groups excluding carboxylic acids is 1. The average Bonchev–Trinajstić information content (AvgIpc) is 3.55. The number of nitrogens with zero attached hydrogens (tertiary/aromatic N) is 7. The van der Waals surface area contributed by atoms with Crippen LogP contribution in [0.15, 0.2) is 61.2 Å². The largest absolute Gasteiger partial charge is 0.377 e. The van der Waals surface area contributed by atoms with Gasteiger partial charge in [0.05, 0.1) is 61.0 Å². The van der Waals surface area contributed by atoms with Crippen LogP contribution < -0.4 is 0 Å². The van der Waals surface area contributed by atoms with Crippen LogP contribution in [0, 0.1) is 6.92 Å². The Bertz CT molecular complexity index is 1260. The molecular formula is C23H22ClN7O2. The van der Waals surface area contributed by atoms with E-state index in [1.54, 1.807) is 35.7 Å². The fourth-order valence-electron chi connectivity index (χ4n) is 4.02. The van der Waals surface area contributed by atoms with E-state index in [0.717, 1.165) is 16.8 Å². The Hall–Kier alpha value is -3.56. The molecule has 0 aliphatic carbocycles. The van der Waals surface area contributed by atoms with Gasteiger partial charge in [-0.15, -0.1) is 0 Å². The molecule has 1 atom stereocenters. The van der Waals surface area contributed by atoms with Crippen LogP contribution in [0.25, 0.3) is 11.4 Å². The lowest BCUT2D eigenvalue weighted by Gasteiger charge is -2.36. The molecule has 1 fully saturated rings. The minimum atomic E-state index is -0.134. The highest BCUT2D eigenvalue weighted by molar-refractivity contribution is 6.31. The van der Waals surface area contributed by atoms with Crippen LogP contribution in [0.3, 0.4) is 0 Å². The smallest absolute Gasteiger partial charge is 0.256 e. The van der Waals surface area contributed by atoms with E-state index in [0.29, 0.717) is 42.5 Å². The van der Waals surface area contributed by atoms with Crippen LogP contribution in [-0.4, -0.2) is 66.6 Å². The van der Waals surface area contributed by atoms with Gasteiger partial charge in [-0.3, -0.25) is 4.79 Å². The summed E-state index contributed by atoms with van der Waals surface area (Å²) < 4.78 is 5.74. The van der Waals surface area contributed by atoms with Gasteiger partial charge in [0, 0.05) is 11.6 Å². The van der Waals surface area contributed by atoms with E-state index in [4.69, 9.17) is 16.3 Å². The average molecular weight is 464 g/mol. The van der Waals surface area contributed by atoms with E-state index in [9.17, 15) is 4.79 Å². The first-order valence-electron chi connectivity index (χ1n) is 10.6. The molecule has 0 spiro atoms. The summed E-state index contributed by atoms with van der Waals surface area (Å²) in [5.74, 6) is -0.123. The highest BCUT2D eigenvalue weighted by Crippen LogP contribution is 2.26. The topological polar surface area (TPSA) is 91.0 Å². The highest BCUT2D eigenvalue weighted by Gasteiger charge is 2.30. The van der Waals surface area contributed by atoms with Crippen LogP contribution in [0.4, 0.5) is 0 Å². The SMILES string of the molecule is Cc1cc(-n2nccn2)c(C(=O)N2CCOCC2Cc2cccc(-n3nccn3)c2)cc1Cl. The Morgan fingerprint density at radius 3 is 2.55 bits per heavy atom. The summed E-state index contributed by atoms with van der Waals surface area (Å²) in [6.45, 7) is 3.31. The third-order valence-electron chi connectivity index (χ3n) is 5.66. The fourth-order valence-corrected chi connectivity index (χ4v) is 4.18. The molecule has 9 nitrogen and oxygen atoms in total. The van der Waals surface area contributed by atoms with E-state index in [2.05, 4.69) is 20.4 Å². The first-order chi connectivity index (χ1) is 16.1. The van der Waals surface area contributed by atoms with Crippen LogP contribution in [0.1, 0.15) is 21.5 Å². The second-order valence-electron chi connectivity index (χ2n) is 7.86. The number of benzene rings is 2. The zero-order chi connectivity index (χ0) is 22.8. The number of aryl methyl sites for hydroxylation is 1. The second kappa shape index (κ2) is 9.13. The Kier molecular flexibility index (Phi) is 5.89. The van der Waals surface area contributed by atoms with Crippen molar-refractivity contribution in [2.24, 2.45) is 0 Å². The predicted octanol–water partition coefficient (Wildman–Crippen LogP) is 2.89. The molecule has 1 unspecified atom stereocenters. The maximum atomic E-state index is 13.8. The number of morpholine rings is 1. The number of carbonyl (C=O) groups is 1.